The van der Waals surface area contributed by atoms with E-state index >= 15 is 0 Å². The van der Waals surface area contributed by atoms with E-state index in [-0.39, 0.29) is 17.7 Å². The quantitative estimate of drug-likeness (QED) is 0.670. The van der Waals surface area contributed by atoms with Crippen LogP contribution in [0.4, 0.5) is 0 Å². The van der Waals surface area contributed by atoms with Crippen LogP contribution in [0.25, 0.3) is 11.0 Å². The molecule has 0 radical (unpaired) electrons. The molecule has 8 nitrogen and oxygen atoms in total. The number of imidazole rings is 1. The van der Waals surface area contributed by atoms with Crippen LogP contribution in [0.3, 0.4) is 0 Å². The number of carbonyl (C=O) groups is 2. The summed E-state index contributed by atoms with van der Waals surface area (Å²) in [4.78, 5) is 46.4. The number of rotatable bonds is 3. The first-order valence-corrected chi connectivity index (χ1v) is 12.0. The van der Waals surface area contributed by atoms with Gasteiger partial charge in [-0.1, -0.05) is 12.5 Å². The maximum absolute atomic E-state index is 13.4. The second-order valence-corrected chi connectivity index (χ2v) is 9.71. The van der Waals surface area contributed by atoms with Crippen molar-refractivity contribution < 1.29 is 9.59 Å². The lowest BCUT2D eigenvalue weighted by molar-refractivity contribution is -0.136. The van der Waals surface area contributed by atoms with E-state index in [4.69, 9.17) is 0 Å². The first-order valence-electron chi connectivity index (χ1n) is 12.0. The van der Waals surface area contributed by atoms with Crippen LogP contribution in [0.2, 0.25) is 0 Å². The molecule has 3 aromatic heterocycles. The Morgan fingerprint density at radius 2 is 1.88 bits per heavy atom. The van der Waals surface area contributed by atoms with E-state index < -0.39 is 0 Å². The summed E-state index contributed by atoms with van der Waals surface area (Å²) in [5.41, 5.74) is 4.31. The minimum absolute atomic E-state index is 0.00535. The second-order valence-electron chi connectivity index (χ2n) is 9.71. The van der Waals surface area contributed by atoms with Gasteiger partial charge in [0, 0.05) is 56.6 Å². The Morgan fingerprint density at radius 3 is 2.76 bits per heavy atom. The van der Waals surface area contributed by atoms with E-state index in [0.29, 0.717) is 22.9 Å². The molecular weight excluding hydrogens is 416 g/mol. The molecule has 2 saturated heterocycles. The van der Waals surface area contributed by atoms with Gasteiger partial charge >= 0.3 is 0 Å². The maximum Gasteiger partial charge on any atom is 0.257 e. The van der Waals surface area contributed by atoms with Crippen LogP contribution in [0.15, 0.2) is 37.1 Å². The Labute approximate surface area is 192 Å². The monoisotopic (exact) mass is 444 g/mol. The van der Waals surface area contributed by atoms with Crippen molar-refractivity contribution in [1.29, 1.82) is 0 Å². The number of pyridine rings is 2. The van der Waals surface area contributed by atoms with Crippen LogP contribution in [0, 0.1) is 17.8 Å². The lowest BCUT2D eigenvalue weighted by Crippen LogP contribution is -2.54. The summed E-state index contributed by atoms with van der Waals surface area (Å²) in [5.74, 6) is 1.19. The van der Waals surface area contributed by atoms with E-state index in [9.17, 15) is 9.59 Å². The van der Waals surface area contributed by atoms with Gasteiger partial charge in [-0.15, -0.1) is 0 Å². The minimum atomic E-state index is -0.00535. The number of H-pyrrole nitrogens is 1. The van der Waals surface area contributed by atoms with Crippen molar-refractivity contribution >= 4 is 22.8 Å². The molecular formula is C25H28N6O2. The fraction of sp³-hybridized carbons (Fsp3) is 0.480. The maximum atomic E-state index is 13.4. The average molecular weight is 445 g/mol. The van der Waals surface area contributed by atoms with Gasteiger partial charge in [0.05, 0.1) is 23.6 Å². The highest BCUT2D eigenvalue weighted by molar-refractivity contribution is 6.04. The first kappa shape index (κ1) is 20.3. The number of hydrogen-bond donors (Lipinski definition) is 1. The third kappa shape index (κ3) is 3.67. The van der Waals surface area contributed by atoms with Crippen molar-refractivity contribution in [2.75, 3.05) is 26.2 Å². The molecule has 2 unspecified atom stereocenters. The van der Waals surface area contributed by atoms with Crippen LogP contribution < -0.4 is 0 Å². The second kappa shape index (κ2) is 8.24. The summed E-state index contributed by atoms with van der Waals surface area (Å²) in [6.45, 7) is 3.14. The van der Waals surface area contributed by atoms with Crippen molar-refractivity contribution in [2.24, 2.45) is 17.8 Å². The molecule has 0 spiro atoms. The van der Waals surface area contributed by atoms with Gasteiger partial charge in [-0.3, -0.25) is 19.6 Å². The van der Waals surface area contributed by atoms with Gasteiger partial charge in [-0.05, 0) is 42.7 Å². The molecule has 1 aliphatic carbocycles. The zero-order valence-electron chi connectivity index (χ0n) is 18.6. The Morgan fingerprint density at radius 1 is 1.00 bits per heavy atom. The lowest BCUT2D eigenvalue weighted by Gasteiger charge is -2.44. The standard InChI is InChI=1S/C25H28N6O2/c32-24(18-8-16-5-3-6-27-21(16)9-18)30-7-2-1-4-17(12-30)19-13-31(14-19)25(33)20-10-26-11-22-23(20)29-15-28-22/h3,5-6,10-11,15,17-19H,1-2,4,7-9,12-14H2,(H,28,29). The molecule has 2 fully saturated rings. The predicted octanol–water partition coefficient (Wildman–Crippen LogP) is 2.47. The number of likely N-dealkylation sites (tertiary alicyclic amines) is 2. The third-order valence-corrected chi connectivity index (χ3v) is 7.68. The molecule has 2 aliphatic heterocycles. The number of nitrogens with zero attached hydrogens (tertiary/aromatic N) is 5. The van der Waals surface area contributed by atoms with E-state index in [1.807, 2.05) is 17.2 Å². The summed E-state index contributed by atoms with van der Waals surface area (Å²) in [6, 6.07) is 4.06. The molecule has 0 aromatic carbocycles. The Kier molecular flexibility index (Phi) is 5.08. The van der Waals surface area contributed by atoms with Gasteiger partial charge in [-0.2, -0.15) is 0 Å². The highest BCUT2D eigenvalue weighted by Gasteiger charge is 2.40. The summed E-state index contributed by atoms with van der Waals surface area (Å²) in [7, 11) is 0. The summed E-state index contributed by atoms with van der Waals surface area (Å²) < 4.78 is 0. The molecule has 33 heavy (non-hydrogen) atoms. The van der Waals surface area contributed by atoms with Gasteiger partial charge < -0.3 is 14.8 Å². The van der Waals surface area contributed by atoms with Gasteiger partial charge in [0.15, 0.2) is 0 Å². The highest BCUT2D eigenvalue weighted by atomic mass is 16.2. The van der Waals surface area contributed by atoms with E-state index in [1.165, 1.54) is 5.56 Å². The molecule has 6 rings (SSSR count). The molecule has 2 amide bonds. The number of hydrogen-bond acceptors (Lipinski definition) is 5. The van der Waals surface area contributed by atoms with Gasteiger partial charge in [-0.25, -0.2) is 4.98 Å². The van der Waals surface area contributed by atoms with Crippen molar-refractivity contribution in [3.05, 3.63) is 53.9 Å². The smallest absolute Gasteiger partial charge is 0.257 e. The summed E-state index contributed by atoms with van der Waals surface area (Å²) in [5, 5.41) is 0. The van der Waals surface area contributed by atoms with Crippen LogP contribution in [-0.2, 0) is 17.6 Å². The molecule has 0 saturated carbocycles. The molecule has 5 heterocycles. The SMILES string of the molecule is O=C(c1cncc2[nH]cnc12)N1CC(C2CCCCN(C(=O)C3Cc4cccnc4C3)C2)C1. The molecule has 3 aromatic rings. The number of carbonyl (C=O) groups excluding carboxylic acids is 2. The Hall–Kier alpha value is -3.29. The minimum Gasteiger partial charge on any atom is -0.343 e. The molecule has 170 valence electrons. The van der Waals surface area contributed by atoms with Crippen molar-refractivity contribution in [2.45, 2.75) is 32.1 Å². The fourth-order valence-electron chi connectivity index (χ4n) is 5.77. The number of aromatic nitrogens is 4. The molecule has 2 atom stereocenters. The number of amides is 2. The Balaban J connectivity index is 1.09. The van der Waals surface area contributed by atoms with Crippen LogP contribution in [0.5, 0.6) is 0 Å². The van der Waals surface area contributed by atoms with Gasteiger partial charge in [0.25, 0.3) is 5.91 Å². The molecule has 0 bridgehead atoms. The molecule has 3 aliphatic rings. The first-order chi connectivity index (χ1) is 16.2. The highest BCUT2D eigenvalue weighted by Crippen LogP contribution is 2.33. The van der Waals surface area contributed by atoms with E-state index in [1.54, 1.807) is 18.7 Å². The van der Waals surface area contributed by atoms with Crippen molar-refractivity contribution in [1.82, 2.24) is 29.7 Å². The van der Waals surface area contributed by atoms with Crippen molar-refractivity contribution in [3.8, 4) is 0 Å². The fourth-order valence-corrected chi connectivity index (χ4v) is 5.77. The average Bonchev–Trinajstić information content (AvgIpc) is 3.39. The zero-order valence-corrected chi connectivity index (χ0v) is 18.6. The third-order valence-electron chi connectivity index (χ3n) is 7.68. The number of nitrogens with one attached hydrogen (secondary N) is 1. The van der Waals surface area contributed by atoms with Crippen LogP contribution in [-0.4, -0.2) is 67.7 Å². The lowest BCUT2D eigenvalue weighted by atomic mass is 9.82. The normalized spacial score (nSPS) is 23.3. The van der Waals surface area contributed by atoms with Gasteiger partial charge in [0.1, 0.15) is 5.52 Å². The summed E-state index contributed by atoms with van der Waals surface area (Å²) >= 11 is 0. The number of aromatic amines is 1. The Bertz CT molecular complexity index is 1180. The zero-order chi connectivity index (χ0) is 22.4. The van der Waals surface area contributed by atoms with E-state index in [0.717, 1.165) is 69.5 Å². The van der Waals surface area contributed by atoms with Crippen LogP contribution in [0.1, 0.15) is 40.9 Å². The molecule has 1 N–H and O–H groups in total. The van der Waals surface area contributed by atoms with Crippen molar-refractivity contribution in [3.63, 3.8) is 0 Å². The summed E-state index contributed by atoms with van der Waals surface area (Å²) in [6.07, 6.45) is 11.6. The number of fused-ring (bicyclic) bond motifs is 2. The largest absolute Gasteiger partial charge is 0.343 e. The van der Waals surface area contributed by atoms with E-state index in [2.05, 4.69) is 30.9 Å². The topological polar surface area (TPSA) is 95.1 Å². The molecule has 8 heteroatoms. The predicted molar refractivity (Wildman–Crippen MR) is 122 cm³/mol. The van der Waals surface area contributed by atoms with Crippen LogP contribution >= 0.6 is 0 Å². The van der Waals surface area contributed by atoms with Gasteiger partial charge in [0.2, 0.25) is 5.91 Å².